The van der Waals surface area contributed by atoms with Crippen LogP contribution in [0.1, 0.15) is 70.3 Å². The van der Waals surface area contributed by atoms with E-state index in [0.717, 1.165) is 11.1 Å². The highest BCUT2D eigenvalue weighted by Crippen LogP contribution is 2.68. The predicted octanol–water partition coefficient (Wildman–Crippen LogP) is 4.97. The third kappa shape index (κ3) is 2.72. The third-order valence-electron chi connectivity index (χ3n) is 7.96. The second kappa shape index (κ2) is 7.08. The molecule has 180 valence electrons. The van der Waals surface area contributed by atoms with E-state index in [9.17, 15) is 19.8 Å². The van der Waals surface area contributed by atoms with E-state index in [4.69, 9.17) is 9.47 Å². The van der Waals surface area contributed by atoms with Crippen LogP contribution in [-0.4, -0.2) is 38.6 Å². The minimum absolute atomic E-state index is 0.0430. The summed E-state index contributed by atoms with van der Waals surface area (Å²) in [7, 11) is 0. The number of hydrogen-bond donors (Lipinski definition) is 2. The Morgan fingerprint density at radius 1 is 1.12 bits per heavy atom. The van der Waals surface area contributed by atoms with Gasteiger partial charge >= 0.3 is 0 Å². The molecule has 1 spiro atoms. The Hall–Kier alpha value is -2.86. The average molecular weight is 465 g/mol. The standard InChI is InChI=1S/C28H32O6/c1-14(2)7-8-17-19(29)13-20-22(23(17)30)24(31)18-11-16-12-21-26(5,6)34-27(25(16)32,10-9-15(3)4)28(18,21)33-20/h7,9,11,13,16,21,29-30H,8,10,12H2,1-6H3/t16-,21+,27-,28-/m1/s1. The highest BCUT2D eigenvalue weighted by molar-refractivity contribution is 6.18. The molecule has 6 heteroatoms. The van der Waals surface area contributed by atoms with E-state index in [0.29, 0.717) is 18.4 Å². The first-order valence-corrected chi connectivity index (χ1v) is 11.9. The van der Waals surface area contributed by atoms with Crippen LogP contribution in [0.25, 0.3) is 0 Å². The van der Waals surface area contributed by atoms with E-state index in [1.54, 1.807) is 6.08 Å². The Morgan fingerprint density at radius 2 is 1.79 bits per heavy atom. The minimum atomic E-state index is -1.34. The van der Waals surface area contributed by atoms with Gasteiger partial charge in [-0.1, -0.05) is 29.4 Å². The SMILES string of the molecule is CC(C)=CCc1c(O)cc2c(c1O)C(=O)C1=C[C@@H]3C[C@H]4C(C)(C)O[C@](CC=C(C)C)(C3=O)[C@@]14O2. The number of hydrogen-bond acceptors (Lipinski definition) is 6. The first kappa shape index (κ1) is 22.9. The molecular formula is C28H32O6. The molecule has 2 N–H and O–H groups in total. The van der Waals surface area contributed by atoms with Gasteiger partial charge in [-0.2, -0.15) is 0 Å². The zero-order chi connectivity index (χ0) is 24.8. The zero-order valence-corrected chi connectivity index (χ0v) is 20.6. The second-order valence-corrected chi connectivity index (χ2v) is 11.1. The fourth-order valence-electron chi connectivity index (χ4n) is 6.47. The summed E-state index contributed by atoms with van der Waals surface area (Å²) >= 11 is 0. The van der Waals surface area contributed by atoms with Crippen molar-refractivity contribution in [2.45, 2.75) is 77.6 Å². The van der Waals surface area contributed by atoms with Crippen LogP contribution in [0.5, 0.6) is 17.2 Å². The topological polar surface area (TPSA) is 93.1 Å². The molecular weight excluding hydrogens is 432 g/mol. The molecule has 6 rings (SSSR count). The summed E-state index contributed by atoms with van der Waals surface area (Å²) in [5.41, 5.74) is -0.569. The summed E-state index contributed by atoms with van der Waals surface area (Å²) in [6.07, 6.45) is 6.69. The number of carbonyl (C=O) groups excluding carboxylic acids is 2. The number of ketones is 2. The lowest BCUT2D eigenvalue weighted by Gasteiger charge is -2.56. The molecule has 1 saturated carbocycles. The molecule has 1 aromatic rings. The fourth-order valence-corrected chi connectivity index (χ4v) is 6.47. The van der Waals surface area contributed by atoms with E-state index >= 15 is 0 Å². The number of fused-ring (bicyclic) bond motifs is 1. The summed E-state index contributed by atoms with van der Waals surface area (Å²) < 4.78 is 13.2. The molecule has 4 atom stereocenters. The van der Waals surface area contributed by atoms with Crippen LogP contribution >= 0.6 is 0 Å². The number of phenols is 2. The van der Waals surface area contributed by atoms with Gasteiger partial charge in [-0.25, -0.2) is 0 Å². The maximum atomic E-state index is 14.0. The minimum Gasteiger partial charge on any atom is -0.507 e. The molecule has 1 saturated heterocycles. The summed E-state index contributed by atoms with van der Waals surface area (Å²) in [4.78, 5) is 27.8. The van der Waals surface area contributed by atoms with Crippen LogP contribution < -0.4 is 4.74 Å². The van der Waals surface area contributed by atoms with E-state index in [-0.39, 0.29) is 52.3 Å². The van der Waals surface area contributed by atoms with Crippen LogP contribution in [0.3, 0.4) is 0 Å². The summed E-state index contributed by atoms with van der Waals surface area (Å²) in [5, 5.41) is 21.8. The molecule has 3 aliphatic carbocycles. The molecule has 34 heavy (non-hydrogen) atoms. The van der Waals surface area contributed by atoms with Crippen molar-refractivity contribution < 1.29 is 29.3 Å². The maximum absolute atomic E-state index is 14.0. The Bertz CT molecular complexity index is 1220. The van der Waals surface area contributed by atoms with Crippen molar-refractivity contribution in [3.05, 3.63) is 52.1 Å². The van der Waals surface area contributed by atoms with Crippen molar-refractivity contribution in [3.63, 3.8) is 0 Å². The lowest BCUT2D eigenvalue weighted by atomic mass is 9.51. The van der Waals surface area contributed by atoms with Crippen molar-refractivity contribution in [1.29, 1.82) is 0 Å². The van der Waals surface area contributed by atoms with Crippen LogP contribution in [0, 0.1) is 11.8 Å². The molecule has 2 heterocycles. The summed E-state index contributed by atoms with van der Waals surface area (Å²) in [6, 6.07) is 1.40. The lowest BCUT2D eigenvalue weighted by Crippen LogP contribution is -2.72. The highest BCUT2D eigenvalue weighted by atomic mass is 16.6. The Kier molecular flexibility index (Phi) is 4.77. The van der Waals surface area contributed by atoms with Gasteiger partial charge in [0.2, 0.25) is 0 Å². The Labute approximate surface area is 200 Å². The largest absolute Gasteiger partial charge is 0.507 e. The van der Waals surface area contributed by atoms with E-state index in [1.807, 2.05) is 53.7 Å². The number of ether oxygens (including phenoxy) is 2. The molecule has 2 aliphatic heterocycles. The van der Waals surface area contributed by atoms with Crippen molar-refractivity contribution in [3.8, 4) is 17.2 Å². The second-order valence-electron chi connectivity index (χ2n) is 11.1. The number of benzene rings is 1. The first-order chi connectivity index (χ1) is 15.9. The van der Waals surface area contributed by atoms with Gasteiger partial charge in [0.05, 0.1) is 5.60 Å². The van der Waals surface area contributed by atoms with Crippen LogP contribution in [0.4, 0.5) is 0 Å². The number of Topliss-reactive ketones (excluding diaryl/α,β-unsaturated/α-hetero) is 2. The van der Waals surface area contributed by atoms with Crippen molar-refractivity contribution in [1.82, 2.24) is 0 Å². The van der Waals surface area contributed by atoms with Gasteiger partial charge in [0.1, 0.15) is 22.8 Å². The van der Waals surface area contributed by atoms with Gasteiger partial charge < -0.3 is 19.7 Å². The quantitative estimate of drug-likeness (QED) is 0.611. The van der Waals surface area contributed by atoms with E-state index in [2.05, 4.69) is 0 Å². The number of allylic oxidation sites excluding steroid dienone is 4. The molecule has 5 aliphatic rings. The lowest BCUT2D eigenvalue weighted by molar-refractivity contribution is -0.171. The van der Waals surface area contributed by atoms with Crippen molar-refractivity contribution in [2.24, 2.45) is 11.8 Å². The van der Waals surface area contributed by atoms with Gasteiger partial charge in [-0.05, 0) is 54.4 Å². The molecule has 6 nitrogen and oxygen atoms in total. The van der Waals surface area contributed by atoms with Crippen LogP contribution in [0.15, 0.2) is 41.0 Å². The predicted molar refractivity (Wildman–Crippen MR) is 127 cm³/mol. The Morgan fingerprint density at radius 3 is 2.44 bits per heavy atom. The number of rotatable bonds is 4. The molecule has 0 unspecified atom stereocenters. The average Bonchev–Trinajstić information content (AvgIpc) is 2.89. The van der Waals surface area contributed by atoms with Crippen LogP contribution in [-0.2, 0) is 16.0 Å². The number of carbonyl (C=O) groups is 2. The molecule has 0 aromatic heterocycles. The van der Waals surface area contributed by atoms with Gasteiger partial charge in [-0.15, -0.1) is 0 Å². The molecule has 0 amide bonds. The highest BCUT2D eigenvalue weighted by Gasteiger charge is 2.81. The van der Waals surface area contributed by atoms with Crippen molar-refractivity contribution in [2.75, 3.05) is 0 Å². The number of phenolic OH excluding ortho intramolecular Hbond substituents is 2. The van der Waals surface area contributed by atoms with Crippen molar-refractivity contribution >= 4 is 11.6 Å². The Balaban J connectivity index is 1.75. The molecule has 4 bridgehead atoms. The fraction of sp³-hybridized carbons (Fsp3) is 0.500. The van der Waals surface area contributed by atoms with Gasteiger partial charge in [-0.3, -0.25) is 9.59 Å². The third-order valence-corrected chi connectivity index (χ3v) is 7.96. The van der Waals surface area contributed by atoms with Gasteiger partial charge in [0.25, 0.3) is 0 Å². The first-order valence-electron chi connectivity index (χ1n) is 11.9. The maximum Gasteiger partial charge on any atom is 0.200 e. The normalized spacial score (nSPS) is 31.9. The number of aromatic hydroxyl groups is 2. The van der Waals surface area contributed by atoms with E-state index in [1.165, 1.54) is 6.07 Å². The van der Waals surface area contributed by atoms with E-state index < -0.39 is 22.7 Å². The molecule has 1 aromatic carbocycles. The van der Waals surface area contributed by atoms with Gasteiger partial charge in [0, 0.05) is 35.5 Å². The summed E-state index contributed by atoms with van der Waals surface area (Å²) in [5.74, 6) is -1.42. The summed E-state index contributed by atoms with van der Waals surface area (Å²) in [6.45, 7) is 11.7. The molecule has 2 fully saturated rings. The zero-order valence-electron chi connectivity index (χ0n) is 20.6. The van der Waals surface area contributed by atoms with Gasteiger partial charge in [0.15, 0.2) is 22.8 Å². The van der Waals surface area contributed by atoms with Crippen LogP contribution in [0.2, 0.25) is 0 Å². The monoisotopic (exact) mass is 464 g/mol. The molecule has 0 radical (unpaired) electrons. The smallest absolute Gasteiger partial charge is 0.200 e.